The maximum absolute atomic E-state index is 14.4. The molecule has 0 aromatic heterocycles. The van der Waals surface area contributed by atoms with Gasteiger partial charge in [0.1, 0.15) is 5.82 Å². The van der Waals surface area contributed by atoms with Gasteiger partial charge in [-0.05, 0) is 80.4 Å². The second-order valence-electron chi connectivity index (χ2n) is 10.4. The van der Waals surface area contributed by atoms with E-state index < -0.39 is 11.8 Å². The third kappa shape index (κ3) is 5.52. The van der Waals surface area contributed by atoms with Gasteiger partial charge >= 0.3 is 5.97 Å². The number of rotatable bonds is 6. The molecule has 1 saturated heterocycles. The SMILES string of the molecule is O=C(O)c1ccc(CC2CCN(C(=O)C(C3CCCCC3)C3CCCCC3)CC2)c(F)c1. The van der Waals surface area contributed by atoms with Crippen molar-refractivity contribution >= 4 is 11.9 Å². The Kier molecular flexibility index (Phi) is 7.85. The fourth-order valence-corrected chi connectivity index (χ4v) is 6.50. The van der Waals surface area contributed by atoms with Gasteiger partial charge < -0.3 is 10.0 Å². The van der Waals surface area contributed by atoms with E-state index >= 15 is 0 Å². The van der Waals surface area contributed by atoms with Crippen LogP contribution in [0.5, 0.6) is 0 Å². The standard InChI is InChI=1S/C27H38FNO3/c28-24-18-23(27(31)32)12-11-22(24)17-19-13-15-29(16-14-19)26(30)25(20-7-3-1-4-8-20)21-9-5-2-6-10-21/h11-12,18-21,25H,1-10,13-17H2,(H,31,32). The number of halogens is 1. The minimum absolute atomic E-state index is 0.0110. The number of carboxylic acids is 1. The summed E-state index contributed by atoms with van der Waals surface area (Å²) in [5.41, 5.74) is 0.574. The lowest BCUT2D eigenvalue weighted by molar-refractivity contribution is -0.142. The van der Waals surface area contributed by atoms with Crippen molar-refractivity contribution in [2.45, 2.75) is 83.5 Å². The number of carboxylic acid groups (broad SMARTS) is 1. The predicted molar refractivity (Wildman–Crippen MR) is 123 cm³/mol. The van der Waals surface area contributed by atoms with Crippen LogP contribution in [0.4, 0.5) is 4.39 Å². The van der Waals surface area contributed by atoms with Gasteiger partial charge in [0.15, 0.2) is 0 Å². The first-order valence-corrected chi connectivity index (χ1v) is 12.8. The quantitative estimate of drug-likeness (QED) is 0.579. The monoisotopic (exact) mass is 443 g/mol. The Hall–Kier alpha value is -1.91. The lowest BCUT2D eigenvalue weighted by Gasteiger charge is -2.41. The molecule has 3 fully saturated rings. The third-order valence-electron chi connectivity index (χ3n) is 8.34. The van der Waals surface area contributed by atoms with Crippen LogP contribution < -0.4 is 0 Å². The minimum Gasteiger partial charge on any atom is -0.478 e. The average Bonchev–Trinajstić information content (AvgIpc) is 2.82. The zero-order valence-corrected chi connectivity index (χ0v) is 19.2. The minimum atomic E-state index is -1.10. The van der Waals surface area contributed by atoms with Gasteiger partial charge in [-0.1, -0.05) is 44.6 Å². The van der Waals surface area contributed by atoms with E-state index in [1.54, 1.807) is 6.07 Å². The summed E-state index contributed by atoms with van der Waals surface area (Å²) in [4.78, 5) is 26.9. The highest BCUT2D eigenvalue weighted by atomic mass is 19.1. The summed E-state index contributed by atoms with van der Waals surface area (Å²) in [6, 6.07) is 4.21. The van der Waals surface area contributed by atoms with Crippen molar-refractivity contribution in [3.63, 3.8) is 0 Å². The van der Waals surface area contributed by atoms with Crippen molar-refractivity contribution in [3.8, 4) is 0 Å². The van der Waals surface area contributed by atoms with Crippen molar-refractivity contribution in [3.05, 3.63) is 35.1 Å². The number of carbonyl (C=O) groups is 2. The molecule has 1 heterocycles. The van der Waals surface area contributed by atoms with Crippen LogP contribution in [0.1, 0.15) is 93.0 Å². The smallest absolute Gasteiger partial charge is 0.335 e. The first-order valence-electron chi connectivity index (χ1n) is 12.8. The van der Waals surface area contributed by atoms with Gasteiger partial charge in [0.25, 0.3) is 0 Å². The molecule has 0 spiro atoms. The van der Waals surface area contributed by atoms with Gasteiger partial charge in [0.2, 0.25) is 5.91 Å². The normalized spacial score (nSPS) is 21.8. The molecule has 1 N–H and O–H groups in total. The zero-order valence-electron chi connectivity index (χ0n) is 19.2. The number of carbonyl (C=O) groups excluding carboxylic acids is 1. The van der Waals surface area contributed by atoms with Gasteiger partial charge in [-0.2, -0.15) is 0 Å². The molecule has 1 amide bonds. The first kappa shape index (κ1) is 23.3. The lowest BCUT2D eigenvalue weighted by Crippen LogP contribution is -2.46. The van der Waals surface area contributed by atoms with Crippen LogP contribution in [0.15, 0.2) is 18.2 Å². The Morgan fingerprint density at radius 1 is 0.906 bits per heavy atom. The highest BCUT2D eigenvalue weighted by molar-refractivity contribution is 5.87. The first-order chi connectivity index (χ1) is 15.5. The van der Waals surface area contributed by atoms with Crippen molar-refractivity contribution in [2.24, 2.45) is 23.7 Å². The van der Waals surface area contributed by atoms with E-state index in [9.17, 15) is 14.0 Å². The molecule has 4 nitrogen and oxygen atoms in total. The Morgan fingerprint density at radius 2 is 1.47 bits per heavy atom. The summed E-state index contributed by atoms with van der Waals surface area (Å²) < 4.78 is 14.4. The molecule has 0 bridgehead atoms. The summed E-state index contributed by atoms with van der Waals surface area (Å²) in [5.74, 6) is 0.558. The molecule has 1 aromatic carbocycles. The van der Waals surface area contributed by atoms with Gasteiger partial charge in [-0.25, -0.2) is 9.18 Å². The van der Waals surface area contributed by atoms with Gasteiger partial charge in [-0.15, -0.1) is 0 Å². The van der Waals surface area contributed by atoms with E-state index in [2.05, 4.69) is 4.90 Å². The Labute approximate surface area is 191 Å². The van der Waals surface area contributed by atoms with Gasteiger partial charge in [0, 0.05) is 19.0 Å². The lowest BCUT2D eigenvalue weighted by atomic mass is 9.69. The van der Waals surface area contributed by atoms with Crippen LogP contribution in [0.2, 0.25) is 0 Å². The molecule has 2 saturated carbocycles. The molecule has 0 atom stereocenters. The van der Waals surface area contributed by atoms with Gasteiger partial charge in [0.05, 0.1) is 5.56 Å². The Balaban J connectivity index is 1.36. The van der Waals surface area contributed by atoms with E-state index in [0.717, 1.165) is 32.0 Å². The molecule has 176 valence electrons. The Bertz CT molecular complexity index is 772. The number of likely N-dealkylation sites (tertiary alicyclic amines) is 1. The topological polar surface area (TPSA) is 57.6 Å². The second kappa shape index (κ2) is 10.8. The van der Waals surface area contributed by atoms with Crippen LogP contribution in [-0.4, -0.2) is 35.0 Å². The predicted octanol–water partition coefficient (Wildman–Crippen LogP) is 6.08. The number of amides is 1. The third-order valence-corrected chi connectivity index (χ3v) is 8.34. The van der Waals surface area contributed by atoms with Crippen LogP contribution in [0.3, 0.4) is 0 Å². The summed E-state index contributed by atoms with van der Waals surface area (Å²) in [6.45, 7) is 1.54. The van der Waals surface area contributed by atoms with Crippen LogP contribution in [0.25, 0.3) is 0 Å². The molecule has 2 aliphatic carbocycles. The molecule has 32 heavy (non-hydrogen) atoms. The fourth-order valence-electron chi connectivity index (χ4n) is 6.50. The highest BCUT2D eigenvalue weighted by Crippen LogP contribution is 2.41. The molecule has 1 aromatic rings. The van der Waals surface area contributed by atoms with Crippen molar-refractivity contribution in [1.29, 1.82) is 0 Å². The highest BCUT2D eigenvalue weighted by Gasteiger charge is 2.39. The van der Waals surface area contributed by atoms with Crippen molar-refractivity contribution in [1.82, 2.24) is 4.90 Å². The van der Waals surface area contributed by atoms with E-state index in [1.165, 1.54) is 70.3 Å². The number of hydrogen-bond donors (Lipinski definition) is 1. The van der Waals surface area contributed by atoms with Crippen LogP contribution >= 0.6 is 0 Å². The zero-order chi connectivity index (χ0) is 22.5. The van der Waals surface area contributed by atoms with E-state index in [1.807, 2.05) is 0 Å². The van der Waals surface area contributed by atoms with E-state index in [0.29, 0.717) is 35.6 Å². The molecular formula is C27H38FNO3. The summed E-state index contributed by atoms with van der Waals surface area (Å²) >= 11 is 0. The average molecular weight is 444 g/mol. The molecule has 5 heteroatoms. The number of hydrogen-bond acceptors (Lipinski definition) is 2. The number of aromatic carboxylic acids is 1. The van der Waals surface area contributed by atoms with Crippen molar-refractivity contribution < 1.29 is 19.1 Å². The fraction of sp³-hybridized carbons (Fsp3) is 0.704. The molecule has 0 radical (unpaired) electrons. The van der Waals surface area contributed by atoms with E-state index in [4.69, 9.17) is 5.11 Å². The van der Waals surface area contributed by atoms with Gasteiger partial charge in [-0.3, -0.25) is 4.79 Å². The molecule has 3 aliphatic rings. The molecule has 1 aliphatic heterocycles. The summed E-state index contributed by atoms with van der Waals surface area (Å²) in [6.07, 6.45) is 15.0. The summed E-state index contributed by atoms with van der Waals surface area (Å²) in [7, 11) is 0. The number of nitrogens with zero attached hydrogens (tertiary/aromatic N) is 1. The number of piperidine rings is 1. The van der Waals surface area contributed by atoms with Crippen LogP contribution in [-0.2, 0) is 11.2 Å². The van der Waals surface area contributed by atoms with Crippen LogP contribution in [0, 0.1) is 29.5 Å². The Morgan fingerprint density at radius 3 is 1.97 bits per heavy atom. The van der Waals surface area contributed by atoms with Crippen molar-refractivity contribution in [2.75, 3.05) is 13.1 Å². The summed E-state index contributed by atoms with van der Waals surface area (Å²) in [5, 5.41) is 9.03. The maximum atomic E-state index is 14.4. The second-order valence-corrected chi connectivity index (χ2v) is 10.4. The number of benzene rings is 1. The molecular weight excluding hydrogens is 405 g/mol. The molecule has 4 rings (SSSR count). The maximum Gasteiger partial charge on any atom is 0.335 e. The largest absolute Gasteiger partial charge is 0.478 e. The molecule has 0 unspecified atom stereocenters. The van der Waals surface area contributed by atoms with E-state index in [-0.39, 0.29) is 11.5 Å².